The van der Waals surface area contributed by atoms with Gasteiger partial charge in [0.15, 0.2) is 0 Å². The van der Waals surface area contributed by atoms with Crippen LogP contribution in [0.5, 0.6) is 0 Å². The largest absolute Gasteiger partial charge is 0.390 e. The third-order valence-corrected chi connectivity index (χ3v) is 6.34. The van der Waals surface area contributed by atoms with Gasteiger partial charge in [0, 0.05) is 44.2 Å². The molecule has 4 rings (SSSR count). The highest BCUT2D eigenvalue weighted by Gasteiger charge is 2.24. The smallest absolute Gasteiger partial charge is 0.227 e. The number of halogens is 2. The van der Waals surface area contributed by atoms with Gasteiger partial charge in [-0.1, -0.05) is 42.4 Å². The Labute approximate surface area is 225 Å². The zero-order valence-electron chi connectivity index (χ0n) is 21.6. The van der Waals surface area contributed by atoms with Crippen LogP contribution in [0.3, 0.4) is 0 Å². The van der Waals surface area contributed by atoms with Crippen molar-refractivity contribution in [1.29, 1.82) is 0 Å². The van der Waals surface area contributed by atoms with Gasteiger partial charge in [0.05, 0.1) is 6.10 Å². The van der Waals surface area contributed by atoms with E-state index in [2.05, 4.69) is 15.1 Å². The molecular weight excluding hydrogens is 504 g/mol. The molecule has 8 nitrogen and oxygen atoms in total. The van der Waals surface area contributed by atoms with E-state index in [-0.39, 0.29) is 38.3 Å². The molecule has 0 spiro atoms. The fourth-order valence-electron chi connectivity index (χ4n) is 4.25. The number of hydrogen-bond acceptors (Lipinski definition) is 7. The number of aromatic nitrogens is 3. The van der Waals surface area contributed by atoms with Gasteiger partial charge in [0.1, 0.15) is 17.3 Å². The summed E-state index contributed by atoms with van der Waals surface area (Å²) < 4.78 is 32.5. The molecule has 2 aromatic heterocycles. The summed E-state index contributed by atoms with van der Waals surface area (Å²) in [5.41, 5.74) is 9.11. The summed E-state index contributed by atoms with van der Waals surface area (Å²) in [6, 6.07) is 15.5. The predicted molar refractivity (Wildman–Crippen MR) is 141 cm³/mol. The lowest BCUT2D eigenvalue weighted by molar-refractivity contribution is -0.133. The molecule has 2 heterocycles. The quantitative estimate of drug-likeness (QED) is 0.283. The van der Waals surface area contributed by atoms with Crippen molar-refractivity contribution in [3.05, 3.63) is 101 Å². The van der Waals surface area contributed by atoms with E-state index >= 15 is 0 Å². The molecule has 3 N–H and O–H groups in total. The Morgan fingerprint density at radius 2 is 1.82 bits per heavy atom. The van der Waals surface area contributed by atoms with Crippen LogP contribution in [0.15, 0.2) is 71.4 Å². The van der Waals surface area contributed by atoms with E-state index in [4.69, 9.17) is 10.3 Å². The van der Waals surface area contributed by atoms with Gasteiger partial charge in [-0.2, -0.15) is 4.98 Å². The number of aryl methyl sites for hydroxylation is 2. The highest BCUT2D eigenvalue weighted by atomic mass is 19.1. The molecule has 2 aromatic carbocycles. The maximum atomic E-state index is 13.6. The second-order valence-electron chi connectivity index (χ2n) is 9.39. The molecule has 0 aliphatic rings. The first-order chi connectivity index (χ1) is 18.8. The number of nitrogens with zero attached hydrogens (tertiary/aromatic N) is 4. The van der Waals surface area contributed by atoms with Crippen molar-refractivity contribution in [1.82, 2.24) is 20.0 Å². The third-order valence-electron chi connectivity index (χ3n) is 6.34. The van der Waals surface area contributed by atoms with Crippen LogP contribution in [0.4, 0.5) is 8.78 Å². The first-order valence-corrected chi connectivity index (χ1v) is 12.8. The van der Waals surface area contributed by atoms with Crippen LogP contribution in [0, 0.1) is 11.6 Å². The number of aliphatic hydroxyl groups is 1. The van der Waals surface area contributed by atoms with Crippen molar-refractivity contribution in [3.63, 3.8) is 0 Å². The zero-order valence-corrected chi connectivity index (χ0v) is 21.6. The molecule has 39 heavy (non-hydrogen) atoms. The zero-order chi connectivity index (χ0) is 27.8. The van der Waals surface area contributed by atoms with Crippen LogP contribution in [0.1, 0.15) is 35.9 Å². The van der Waals surface area contributed by atoms with E-state index < -0.39 is 23.8 Å². The lowest BCUT2D eigenvalue weighted by Gasteiger charge is -2.28. The number of aliphatic hydroxyl groups excluding tert-OH is 1. The predicted octanol–water partition coefficient (Wildman–Crippen LogP) is 3.86. The summed E-state index contributed by atoms with van der Waals surface area (Å²) in [7, 11) is 0. The molecular formula is C29H31F2N5O3. The average Bonchev–Trinajstić information content (AvgIpc) is 3.40. The fourth-order valence-corrected chi connectivity index (χ4v) is 4.25. The molecule has 0 aliphatic heterocycles. The monoisotopic (exact) mass is 535 g/mol. The van der Waals surface area contributed by atoms with E-state index in [1.807, 2.05) is 37.3 Å². The highest BCUT2D eigenvalue weighted by Crippen LogP contribution is 2.16. The molecule has 0 radical (unpaired) electrons. The van der Waals surface area contributed by atoms with Crippen LogP contribution in [-0.2, 0) is 30.6 Å². The van der Waals surface area contributed by atoms with Crippen LogP contribution >= 0.6 is 0 Å². The molecule has 0 bridgehead atoms. The highest BCUT2D eigenvalue weighted by molar-refractivity contribution is 5.76. The minimum atomic E-state index is -1.13. The topological polar surface area (TPSA) is 118 Å². The first kappa shape index (κ1) is 28.0. The molecule has 0 saturated carbocycles. The summed E-state index contributed by atoms with van der Waals surface area (Å²) >= 11 is 0. The minimum absolute atomic E-state index is 0.0431. The lowest BCUT2D eigenvalue weighted by atomic mass is 10.0. The summed E-state index contributed by atoms with van der Waals surface area (Å²) in [5, 5.41) is 14.8. The number of benzene rings is 2. The van der Waals surface area contributed by atoms with Crippen molar-refractivity contribution >= 4 is 5.91 Å². The van der Waals surface area contributed by atoms with Gasteiger partial charge in [-0.25, -0.2) is 8.78 Å². The molecule has 0 saturated heterocycles. The van der Waals surface area contributed by atoms with Crippen molar-refractivity contribution in [3.8, 4) is 11.5 Å². The fraction of sp³-hybridized carbons (Fsp3) is 0.310. The van der Waals surface area contributed by atoms with Crippen LogP contribution < -0.4 is 5.73 Å². The number of nitrogens with two attached hydrogens (primary N) is 1. The van der Waals surface area contributed by atoms with E-state index in [9.17, 15) is 18.7 Å². The maximum absolute atomic E-state index is 13.6. The Hall–Kier alpha value is -4.02. The van der Waals surface area contributed by atoms with Gasteiger partial charge in [0.25, 0.3) is 0 Å². The summed E-state index contributed by atoms with van der Waals surface area (Å²) in [5.74, 6) is -1.04. The molecule has 10 heteroatoms. The Morgan fingerprint density at radius 3 is 2.54 bits per heavy atom. The number of carbonyl (C=O) groups excluding carboxylic acids is 1. The summed E-state index contributed by atoms with van der Waals surface area (Å²) in [6.07, 6.45) is 1.65. The van der Waals surface area contributed by atoms with Crippen LogP contribution in [-0.4, -0.2) is 49.7 Å². The molecule has 0 fully saturated rings. The molecule has 0 unspecified atom stereocenters. The summed E-state index contributed by atoms with van der Waals surface area (Å²) in [6.45, 7) is 2.24. The van der Waals surface area contributed by atoms with Crippen LogP contribution in [0.2, 0.25) is 0 Å². The van der Waals surface area contributed by atoms with E-state index in [1.54, 1.807) is 18.3 Å². The third kappa shape index (κ3) is 7.98. The second-order valence-corrected chi connectivity index (χ2v) is 9.39. The van der Waals surface area contributed by atoms with Gasteiger partial charge in [0.2, 0.25) is 17.6 Å². The number of pyridine rings is 1. The Morgan fingerprint density at radius 1 is 1.05 bits per heavy atom. The molecule has 4 aromatic rings. The number of rotatable bonds is 12. The molecule has 2 atom stereocenters. The maximum Gasteiger partial charge on any atom is 0.227 e. The first-order valence-electron chi connectivity index (χ1n) is 12.8. The summed E-state index contributed by atoms with van der Waals surface area (Å²) in [4.78, 5) is 23.4. The van der Waals surface area contributed by atoms with Crippen LogP contribution in [0.25, 0.3) is 11.5 Å². The SMILES string of the molecule is CCc1cccc(CN(C[C@@H](O)[C@@H](N)Cc2cc(F)cc(F)c2)C(=O)CCc2nc(-c3ccccn3)no2)c1. The molecule has 0 aliphatic carbocycles. The Balaban J connectivity index is 1.44. The lowest BCUT2D eigenvalue weighted by Crippen LogP contribution is -2.46. The van der Waals surface area contributed by atoms with Gasteiger partial charge in [-0.3, -0.25) is 9.78 Å². The van der Waals surface area contributed by atoms with E-state index in [0.717, 1.165) is 23.6 Å². The molecule has 1 amide bonds. The van der Waals surface area contributed by atoms with Crippen molar-refractivity contribution < 1.29 is 23.2 Å². The second kappa shape index (κ2) is 13.2. The van der Waals surface area contributed by atoms with Gasteiger partial charge >= 0.3 is 0 Å². The van der Waals surface area contributed by atoms with Crippen molar-refractivity contribution in [2.75, 3.05) is 6.54 Å². The van der Waals surface area contributed by atoms with Gasteiger partial charge in [-0.05, 0) is 53.8 Å². The Kier molecular flexibility index (Phi) is 9.45. The number of hydrogen-bond donors (Lipinski definition) is 2. The number of amides is 1. The van der Waals surface area contributed by atoms with Crippen molar-refractivity contribution in [2.24, 2.45) is 5.73 Å². The van der Waals surface area contributed by atoms with Gasteiger partial charge < -0.3 is 20.3 Å². The van der Waals surface area contributed by atoms with E-state index in [0.29, 0.717) is 23.0 Å². The van der Waals surface area contributed by atoms with E-state index in [1.165, 1.54) is 17.0 Å². The number of carbonyl (C=O) groups is 1. The average molecular weight is 536 g/mol. The Bertz CT molecular complexity index is 1360. The minimum Gasteiger partial charge on any atom is -0.390 e. The molecule has 204 valence electrons. The van der Waals surface area contributed by atoms with Crippen molar-refractivity contribution in [2.45, 2.75) is 51.3 Å². The normalized spacial score (nSPS) is 12.7. The standard InChI is InChI=1S/C29H31F2N5O3/c1-2-19-6-5-7-20(12-19)17-36(18-26(37)24(32)15-21-13-22(30)16-23(31)14-21)28(38)10-9-27-34-29(35-39-27)25-8-3-4-11-33-25/h3-8,11-14,16,24,26,37H,2,9-10,15,17-18,32H2,1H3/t24-,26+/m0/s1. The van der Waals surface area contributed by atoms with Gasteiger partial charge in [-0.15, -0.1) is 0 Å².